The van der Waals surface area contributed by atoms with Crippen LogP contribution in [0.25, 0.3) is 0 Å². The molecule has 76 valence electrons. The average Bonchev–Trinajstić information content (AvgIpc) is 2.10. The molecule has 0 aliphatic heterocycles. The first-order chi connectivity index (χ1) is 6.07. The summed E-state index contributed by atoms with van der Waals surface area (Å²) < 4.78 is 4.71. The van der Waals surface area contributed by atoms with Gasteiger partial charge in [-0.1, -0.05) is 0 Å². The minimum atomic E-state index is -1.09. The number of carbonyl (C=O) groups is 2. The number of carbonyl (C=O) groups excluding carboxylic acids is 1. The Balaban J connectivity index is 3.63. The van der Waals surface area contributed by atoms with Crippen LogP contribution in [-0.2, 0) is 14.3 Å². The van der Waals surface area contributed by atoms with Crippen molar-refractivity contribution in [2.45, 2.75) is 12.5 Å². The van der Waals surface area contributed by atoms with E-state index in [1.807, 2.05) is 0 Å². The van der Waals surface area contributed by atoms with Crippen molar-refractivity contribution in [3.05, 3.63) is 0 Å². The van der Waals surface area contributed by atoms with E-state index in [2.05, 4.69) is 5.32 Å². The molecule has 4 N–H and O–H groups in total. The van der Waals surface area contributed by atoms with E-state index in [1.165, 1.54) is 7.11 Å². The molecule has 1 unspecified atom stereocenters. The Kier molecular flexibility index (Phi) is 5.82. The van der Waals surface area contributed by atoms with Crippen LogP contribution in [0.3, 0.4) is 0 Å². The molecular formula is C7H14N2O4. The number of aliphatic carboxylic acids is 1. The van der Waals surface area contributed by atoms with Crippen LogP contribution in [0, 0.1) is 0 Å². The quantitative estimate of drug-likeness (QED) is 0.475. The predicted molar refractivity (Wildman–Crippen MR) is 45.1 cm³/mol. The molecule has 6 nitrogen and oxygen atoms in total. The number of carboxylic acid groups (broad SMARTS) is 1. The molecule has 1 amide bonds. The zero-order chi connectivity index (χ0) is 10.3. The fourth-order valence-electron chi connectivity index (χ4n) is 0.670. The van der Waals surface area contributed by atoms with E-state index in [4.69, 9.17) is 15.6 Å². The van der Waals surface area contributed by atoms with Crippen LogP contribution >= 0.6 is 0 Å². The van der Waals surface area contributed by atoms with Crippen molar-refractivity contribution in [1.29, 1.82) is 0 Å². The van der Waals surface area contributed by atoms with E-state index in [9.17, 15) is 9.59 Å². The highest BCUT2D eigenvalue weighted by molar-refractivity contribution is 5.84. The van der Waals surface area contributed by atoms with Crippen LogP contribution in [0.2, 0.25) is 0 Å². The molecular weight excluding hydrogens is 176 g/mol. The van der Waals surface area contributed by atoms with Gasteiger partial charge in [-0.2, -0.15) is 0 Å². The van der Waals surface area contributed by atoms with Crippen LogP contribution in [0.5, 0.6) is 0 Å². The molecule has 0 aromatic rings. The third-order valence-corrected chi connectivity index (χ3v) is 1.38. The number of ether oxygens (including phenoxy) is 1. The summed E-state index contributed by atoms with van der Waals surface area (Å²) in [5.74, 6) is -1.56. The van der Waals surface area contributed by atoms with Gasteiger partial charge in [-0.3, -0.25) is 9.59 Å². The summed E-state index contributed by atoms with van der Waals surface area (Å²) in [6.07, 6.45) is 0.377. The maximum atomic E-state index is 11.0. The summed E-state index contributed by atoms with van der Waals surface area (Å²) in [5, 5.41) is 10.4. The second-order valence-corrected chi connectivity index (χ2v) is 2.50. The van der Waals surface area contributed by atoms with Crippen molar-refractivity contribution in [3.63, 3.8) is 0 Å². The Morgan fingerprint density at radius 3 is 2.69 bits per heavy atom. The topological polar surface area (TPSA) is 102 Å². The maximum Gasteiger partial charge on any atom is 0.322 e. The molecule has 0 bridgehead atoms. The first-order valence-corrected chi connectivity index (χ1v) is 3.82. The number of hydrogen-bond acceptors (Lipinski definition) is 4. The molecule has 0 heterocycles. The van der Waals surface area contributed by atoms with Crippen molar-refractivity contribution < 1.29 is 19.4 Å². The molecule has 0 aromatic heterocycles. The van der Waals surface area contributed by atoms with Gasteiger partial charge in [0.1, 0.15) is 6.54 Å². The van der Waals surface area contributed by atoms with Gasteiger partial charge in [-0.15, -0.1) is 0 Å². The van der Waals surface area contributed by atoms with E-state index in [0.29, 0.717) is 13.0 Å². The maximum absolute atomic E-state index is 11.0. The number of carboxylic acids is 1. The molecule has 0 aromatic carbocycles. The standard InChI is InChI=1S/C7H14N2O4/c1-13-3-2-5(8)7(12)9-4-6(10)11/h5H,2-4,8H2,1H3,(H,9,12)(H,10,11). The lowest BCUT2D eigenvalue weighted by Crippen LogP contribution is -2.43. The summed E-state index contributed by atoms with van der Waals surface area (Å²) in [4.78, 5) is 21.1. The molecule has 13 heavy (non-hydrogen) atoms. The lowest BCUT2D eigenvalue weighted by molar-refractivity contribution is -0.138. The van der Waals surface area contributed by atoms with E-state index in [1.54, 1.807) is 0 Å². The van der Waals surface area contributed by atoms with Crippen molar-refractivity contribution in [1.82, 2.24) is 5.32 Å². The minimum absolute atomic E-state index is 0.377. The molecule has 0 saturated carbocycles. The Hall–Kier alpha value is -1.14. The van der Waals surface area contributed by atoms with Gasteiger partial charge in [-0.05, 0) is 6.42 Å². The van der Waals surface area contributed by atoms with Crippen LogP contribution < -0.4 is 11.1 Å². The summed E-state index contributed by atoms with van der Waals surface area (Å²) in [6.45, 7) is -0.0266. The van der Waals surface area contributed by atoms with E-state index in [-0.39, 0.29) is 0 Å². The zero-order valence-electron chi connectivity index (χ0n) is 7.45. The van der Waals surface area contributed by atoms with Gasteiger partial charge in [0.25, 0.3) is 0 Å². The average molecular weight is 190 g/mol. The molecule has 0 aliphatic rings. The number of methoxy groups -OCH3 is 1. The second-order valence-electron chi connectivity index (χ2n) is 2.50. The van der Waals surface area contributed by atoms with E-state index in [0.717, 1.165) is 0 Å². The normalized spacial score (nSPS) is 12.2. The van der Waals surface area contributed by atoms with Gasteiger partial charge in [0, 0.05) is 13.7 Å². The number of nitrogens with two attached hydrogens (primary N) is 1. The smallest absolute Gasteiger partial charge is 0.322 e. The lowest BCUT2D eigenvalue weighted by atomic mass is 10.2. The highest BCUT2D eigenvalue weighted by atomic mass is 16.5. The number of rotatable bonds is 6. The lowest BCUT2D eigenvalue weighted by Gasteiger charge is -2.09. The molecule has 0 aliphatic carbocycles. The van der Waals surface area contributed by atoms with Gasteiger partial charge < -0.3 is 20.9 Å². The van der Waals surface area contributed by atoms with Crippen LogP contribution in [-0.4, -0.2) is 43.3 Å². The van der Waals surface area contributed by atoms with Crippen molar-refractivity contribution in [2.75, 3.05) is 20.3 Å². The van der Waals surface area contributed by atoms with Gasteiger partial charge in [-0.25, -0.2) is 0 Å². The van der Waals surface area contributed by atoms with Crippen LogP contribution in [0.1, 0.15) is 6.42 Å². The third kappa shape index (κ3) is 6.06. The summed E-state index contributed by atoms with van der Waals surface area (Å²) in [5.41, 5.74) is 5.40. The van der Waals surface area contributed by atoms with E-state index < -0.39 is 24.5 Å². The molecule has 1 atom stereocenters. The Labute approximate surface area is 76.0 Å². The van der Waals surface area contributed by atoms with Crippen molar-refractivity contribution in [2.24, 2.45) is 5.73 Å². The molecule has 0 spiro atoms. The van der Waals surface area contributed by atoms with Gasteiger partial charge in [0.05, 0.1) is 6.04 Å². The minimum Gasteiger partial charge on any atom is -0.480 e. The fraction of sp³-hybridized carbons (Fsp3) is 0.714. The van der Waals surface area contributed by atoms with Crippen LogP contribution in [0.4, 0.5) is 0 Å². The Bertz CT molecular complexity index is 183. The van der Waals surface area contributed by atoms with Gasteiger partial charge >= 0.3 is 5.97 Å². The number of hydrogen-bond donors (Lipinski definition) is 3. The molecule has 0 fully saturated rings. The monoisotopic (exact) mass is 190 g/mol. The Morgan fingerprint density at radius 1 is 1.62 bits per heavy atom. The summed E-state index contributed by atoms with van der Waals surface area (Å²) in [6, 6.07) is -0.709. The van der Waals surface area contributed by atoms with Gasteiger partial charge in [0.2, 0.25) is 5.91 Å². The first kappa shape index (κ1) is 11.9. The van der Waals surface area contributed by atoms with Crippen molar-refractivity contribution >= 4 is 11.9 Å². The van der Waals surface area contributed by atoms with Gasteiger partial charge in [0.15, 0.2) is 0 Å². The zero-order valence-corrected chi connectivity index (χ0v) is 7.45. The van der Waals surface area contributed by atoms with Crippen molar-refractivity contribution in [3.8, 4) is 0 Å². The third-order valence-electron chi connectivity index (χ3n) is 1.38. The summed E-state index contributed by atoms with van der Waals surface area (Å²) in [7, 11) is 1.50. The molecule has 6 heteroatoms. The number of nitrogens with one attached hydrogen (secondary N) is 1. The second kappa shape index (κ2) is 6.38. The molecule has 0 rings (SSSR count). The summed E-state index contributed by atoms with van der Waals surface area (Å²) >= 11 is 0. The SMILES string of the molecule is COCCC(N)C(=O)NCC(=O)O. The highest BCUT2D eigenvalue weighted by Crippen LogP contribution is 1.88. The predicted octanol–water partition coefficient (Wildman–Crippen LogP) is -1.45. The first-order valence-electron chi connectivity index (χ1n) is 3.82. The number of amides is 1. The Morgan fingerprint density at radius 2 is 2.23 bits per heavy atom. The fourth-order valence-corrected chi connectivity index (χ4v) is 0.670. The largest absolute Gasteiger partial charge is 0.480 e. The molecule has 0 radical (unpaired) electrons. The molecule has 0 saturated heterocycles. The highest BCUT2D eigenvalue weighted by Gasteiger charge is 2.13. The van der Waals surface area contributed by atoms with Crippen LogP contribution in [0.15, 0.2) is 0 Å². The van der Waals surface area contributed by atoms with E-state index >= 15 is 0 Å².